The molecule has 0 aliphatic carbocycles. The molecule has 5 nitrogen and oxygen atoms in total. The molecule has 2 fully saturated rings. The van der Waals surface area contributed by atoms with Crippen LogP contribution in [0.25, 0.3) is 0 Å². The number of carboxylic acids is 1. The summed E-state index contributed by atoms with van der Waals surface area (Å²) in [6.07, 6.45) is 3.57. The number of likely N-dealkylation sites (tertiary alicyclic amines) is 2. The van der Waals surface area contributed by atoms with Crippen LogP contribution < -0.4 is 4.74 Å². The summed E-state index contributed by atoms with van der Waals surface area (Å²) in [5, 5.41) is 9.96. The molecule has 0 spiro atoms. The molecular weight excluding hydrogens is 316 g/mol. The number of aliphatic carboxylic acids is 1. The zero-order valence-electron chi connectivity index (χ0n) is 15.0. The van der Waals surface area contributed by atoms with Gasteiger partial charge in [-0.05, 0) is 37.1 Å². The van der Waals surface area contributed by atoms with Gasteiger partial charge in [-0.3, -0.25) is 14.6 Å². The van der Waals surface area contributed by atoms with Crippen LogP contribution in [0.3, 0.4) is 0 Å². The smallest absolute Gasteiger partial charge is 0.311 e. The highest BCUT2D eigenvalue weighted by Gasteiger charge is 2.52. The zero-order valence-corrected chi connectivity index (χ0v) is 15.0. The lowest BCUT2D eigenvalue weighted by Gasteiger charge is -2.29. The minimum Gasteiger partial charge on any atom is -0.497 e. The second-order valence-corrected chi connectivity index (χ2v) is 7.33. The first-order valence-electron chi connectivity index (χ1n) is 8.99. The highest BCUT2D eigenvalue weighted by Crippen LogP contribution is 2.43. The van der Waals surface area contributed by atoms with Crippen LogP contribution >= 0.6 is 0 Å². The van der Waals surface area contributed by atoms with E-state index in [1.807, 2.05) is 18.2 Å². The number of nitrogens with zero attached hydrogens (tertiary/aromatic N) is 2. The lowest BCUT2D eigenvalue weighted by Crippen LogP contribution is -2.41. The number of carboxylic acid groups (broad SMARTS) is 1. The standard InChI is InChI=1S/C20H28N2O3/c1-3-10-22-14-17-13-21(11-4-9-20(17,15-22)19(23)24)12-16-5-7-18(25-2)8-6-16/h3,5-8,17H,1,4,9-15H2,2H3,(H,23,24)/t17-,20-/m1/s1. The lowest BCUT2D eigenvalue weighted by molar-refractivity contribution is -0.150. The van der Waals surface area contributed by atoms with Crippen molar-refractivity contribution in [3.8, 4) is 5.75 Å². The quantitative estimate of drug-likeness (QED) is 0.804. The predicted molar refractivity (Wildman–Crippen MR) is 97.7 cm³/mol. The van der Waals surface area contributed by atoms with Crippen molar-refractivity contribution >= 4 is 5.97 Å². The van der Waals surface area contributed by atoms with Crippen molar-refractivity contribution in [2.24, 2.45) is 11.3 Å². The van der Waals surface area contributed by atoms with Crippen molar-refractivity contribution in [3.63, 3.8) is 0 Å². The molecule has 2 aliphatic heterocycles. The number of hydrogen-bond acceptors (Lipinski definition) is 4. The van der Waals surface area contributed by atoms with Gasteiger partial charge in [-0.15, -0.1) is 6.58 Å². The normalized spacial score (nSPS) is 27.5. The Hall–Kier alpha value is -1.85. The fourth-order valence-corrected chi connectivity index (χ4v) is 4.42. The SMILES string of the molecule is C=CCN1C[C@H]2CN(Cc3ccc(OC)cc3)CCC[C@@]2(C(=O)O)C1. The molecule has 0 radical (unpaired) electrons. The maximum atomic E-state index is 12.1. The topological polar surface area (TPSA) is 53.0 Å². The average Bonchev–Trinajstić information content (AvgIpc) is 2.85. The molecule has 1 aromatic rings. The maximum absolute atomic E-state index is 12.1. The fourth-order valence-electron chi connectivity index (χ4n) is 4.42. The van der Waals surface area contributed by atoms with E-state index in [1.165, 1.54) is 5.56 Å². The van der Waals surface area contributed by atoms with Gasteiger partial charge in [0.1, 0.15) is 5.75 Å². The molecule has 5 heteroatoms. The van der Waals surface area contributed by atoms with Crippen LogP contribution in [0.2, 0.25) is 0 Å². The molecule has 2 heterocycles. The molecule has 2 aliphatic rings. The second-order valence-electron chi connectivity index (χ2n) is 7.33. The molecule has 0 amide bonds. The molecule has 1 aromatic carbocycles. The number of carbonyl (C=O) groups is 1. The van der Waals surface area contributed by atoms with Crippen molar-refractivity contribution in [2.45, 2.75) is 19.4 Å². The third-order valence-electron chi connectivity index (χ3n) is 5.72. The molecule has 1 N–H and O–H groups in total. The number of hydrogen-bond donors (Lipinski definition) is 1. The van der Waals surface area contributed by atoms with Crippen molar-refractivity contribution in [3.05, 3.63) is 42.5 Å². The van der Waals surface area contributed by atoms with Crippen LogP contribution in [0.5, 0.6) is 5.75 Å². The van der Waals surface area contributed by atoms with Gasteiger partial charge in [0.2, 0.25) is 0 Å². The Bertz CT molecular complexity index is 616. The molecule has 0 bridgehead atoms. The van der Waals surface area contributed by atoms with Crippen molar-refractivity contribution in [1.29, 1.82) is 0 Å². The molecule has 2 saturated heterocycles. The van der Waals surface area contributed by atoms with E-state index < -0.39 is 11.4 Å². The van der Waals surface area contributed by atoms with E-state index in [1.54, 1.807) is 7.11 Å². The monoisotopic (exact) mass is 344 g/mol. The van der Waals surface area contributed by atoms with Crippen LogP contribution in [0.15, 0.2) is 36.9 Å². The first-order chi connectivity index (χ1) is 12.1. The van der Waals surface area contributed by atoms with Crippen LogP contribution in [-0.2, 0) is 11.3 Å². The summed E-state index contributed by atoms with van der Waals surface area (Å²) in [5.74, 6) is 0.404. The van der Waals surface area contributed by atoms with E-state index in [2.05, 4.69) is 28.5 Å². The third kappa shape index (κ3) is 3.72. The van der Waals surface area contributed by atoms with Gasteiger partial charge in [-0.2, -0.15) is 0 Å². The average molecular weight is 344 g/mol. The van der Waals surface area contributed by atoms with Crippen LogP contribution in [-0.4, -0.2) is 60.7 Å². The summed E-state index contributed by atoms with van der Waals surface area (Å²) in [5.41, 5.74) is 0.641. The highest BCUT2D eigenvalue weighted by atomic mass is 16.5. The van der Waals surface area contributed by atoms with E-state index >= 15 is 0 Å². The molecule has 136 valence electrons. The summed E-state index contributed by atoms with van der Waals surface area (Å²) in [6, 6.07) is 8.14. The van der Waals surface area contributed by atoms with Crippen molar-refractivity contribution in [1.82, 2.24) is 9.80 Å². The number of benzene rings is 1. The van der Waals surface area contributed by atoms with Gasteiger partial charge >= 0.3 is 5.97 Å². The maximum Gasteiger partial charge on any atom is 0.311 e. The minimum atomic E-state index is -0.629. The van der Waals surface area contributed by atoms with Crippen molar-refractivity contribution in [2.75, 3.05) is 39.8 Å². The molecular formula is C20H28N2O3. The van der Waals surface area contributed by atoms with Gasteiger partial charge in [-0.25, -0.2) is 0 Å². The molecule has 25 heavy (non-hydrogen) atoms. The van der Waals surface area contributed by atoms with Gasteiger partial charge in [0.15, 0.2) is 0 Å². The van der Waals surface area contributed by atoms with Gasteiger partial charge in [0.25, 0.3) is 0 Å². The van der Waals surface area contributed by atoms with Gasteiger partial charge < -0.3 is 9.84 Å². The zero-order chi connectivity index (χ0) is 17.9. The summed E-state index contributed by atoms with van der Waals surface area (Å²) < 4.78 is 5.22. The summed E-state index contributed by atoms with van der Waals surface area (Å²) in [7, 11) is 1.67. The van der Waals surface area contributed by atoms with Crippen LogP contribution in [0.1, 0.15) is 18.4 Å². The Labute approximate surface area is 149 Å². The predicted octanol–water partition coefficient (Wildman–Crippen LogP) is 2.48. The van der Waals surface area contributed by atoms with Gasteiger partial charge in [0, 0.05) is 38.6 Å². The van der Waals surface area contributed by atoms with E-state index in [9.17, 15) is 9.90 Å². The Morgan fingerprint density at radius 3 is 2.72 bits per heavy atom. The first kappa shape index (κ1) is 18.0. The largest absolute Gasteiger partial charge is 0.497 e. The number of rotatable bonds is 6. The van der Waals surface area contributed by atoms with Crippen molar-refractivity contribution < 1.29 is 14.6 Å². The number of methoxy groups -OCH3 is 1. The van der Waals surface area contributed by atoms with Crippen LogP contribution in [0, 0.1) is 11.3 Å². The highest BCUT2D eigenvalue weighted by molar-refractivity contribution is 5.76. The number of fused-ring (bicyclic) bond motifs is 1. The van der Waals surface area contributed by atoms with E-state index in [0.29, 0.717) is 6.54 Å². The minimum absolute atomic E-state index is 0.172. The van der Waals surface area contributed by atoms with E-state index in [0.717, 1.165) is 51.3 Å². The summed E-state index contributed by atoms with van der Waals surface area (Å²) >= 11 is 0. The second kappa shape index (κ2) is 7.58. The molecule has 0 aromatic heterocycles. The Morgan fingerprint density at radius 2 is 2.08 bits per heavy atom. The Balaban J connectivity index is 1.72. The van der Waals surface area contributed by atoms with Crippen LogP contribution in [0.4, 0.5) is 0 Å². The summed E-state index contributed by atoms with van der Waals surface area (Å²) in [4.78, 5) is 16.8. The van der Waals surface area contributed by atoms with E-state index in [-0.39, 0.29) is 5.92 Å². The molecule has 3 rings (SSSR count). The van der Waals surface area contributed by atoms with Gasteiger partial charge in [-0.1, -0.05) is 18.2 Å². The fraction of sp³-hybridized carbons (Fsp3) is 0.550. The summed E-state index contributed by atoms with van der Waals surface area (Å²) in [6.45, 7) is 8.72. The number of ether oxygens (including phenoxy) is 1. The third-order valence-corrected chi connectivity index (χ3v) is 5.72. The molecule has 0 saturated carbocycles. The molecule has 2 atom stereocenters. The first-order valence-corrected chi connectivity index (χ1v) is 8.99. The Kier molecular flexibility index (Phi) is 5.45. The lowest BCUT2D eigenvalue weighted by atomic mass is 9.75. The van der Waals surface area contributed by atoms with Gasteiger partial charge in [0.05, 0.1) is 12.5 Å². The van der Waals surface area contributed by atoms with E-state index in [4.69, 9.17) is 4.74 Å². The Morgan fingerprint density at radius 1 is 1.36 bits per heavy atom. The molecule has 0 unspecified atom stereocenters.